The molecule has 0 radical (unpaired) electrons. The van der Waals surface area contributed by atoms with Crippen molar-refractivity contribution in [3.63, 3.8) is 0 Å². The van der Waals surface area contributed by atoms with Crippen molar-refractivity contribution < 1.29 is 9.59 Å². The lowest BCUT2D eigenvalue weighted by Crippen LogP contribution is -2.13. The van der Waals surface area contributed by atoms with Crippen molar-refractivity contribution in [2.24, 2.45) is 0 Å². The maximum absolute atomic E-state index is 12.3. The van der Waals surface area contributed by atoms with E-state index in [0.717, 1.165) is 16.8 Å². The molecule has 3 rings (SSSR count). The van der Waals surface area contributed by atoms with Crippen molar-refractivity contribution in [3.8, 4) is 0 Å². The number of carbonyl (C=O) groups is 2. The van der Waals surface area contributed by atoms with Gasteiger partial charge in [-0.15, -0.1) is 0 Å². The van der Waals surface area contributed by atoms with Gasteiger partial charge in [0, 0.05) is 29.3 Å². The third-order valence-electron chi connectivity index (χ3n) is 3.94. The highest BCUT2D eigenvalue weighted by molar-refractivity contribution is 6.04. The third kappa shape index (κ3) is 4.76. The van der Waals surface area contributed by atoms with Crippen LogP contribution < -0.4 is 10.6 Å². The van der Waals surface area contributed by atoms with Gasteiger partial charge in [-0.2, -0.15) is 0 Å². The molecule has 6 heteroatoms. The van der Waals surface area contributed by atoms with E-state index >= 15 is 0 Å². The highest BCUT2D eigenvalue weighted by Crippen LogP contribution is 2.17. The van der Waals surface area contributed by atoms with Crippen LogP contribution in [-0.2, 0) is 0 Å². The lowest BCUT2D eigenvalue weighted by Gasteiger charge is -2.08. The van der Waals surface area contributed by atoms with E-state index in [1.54, 1.807) is 24.3 Å². The van der Waals surface area contributed by atoms with Gasteiger partial charge in [-0.1, -0.05) is 6.07 Å². The van der Waals surface area contributed by atoms with Crippen LogP contribution in [0.1, 0.15) is 38.8 Å². The molecule has 6 nitrogen and oxygen atoms in total. The van der Waals surface area contributed by atoms with Crippen LogP contribution in [0.4, 0.5) is 17.3 Å². The van der Waals surface area contributed by atoms with Crippen LogP contribution in [0.15, 0.2) is 54.9 Å². The minimum atomic E-state index is -0.316. The van der Waals surface area contributed by atoms with Gasteiger partial charge >= 0.3 is 0 Å². The average molecular weight is 360 g/mol. The summed E-state index contributed by atoms with van der Waals surface area (Å²) in [6.45, 7) is 5.55. The fourth-order valence-electron chi connectivity index (χ4n) is 2.68. The van der Waals surface area contributed by atoms with E-state index in [4.69, 9.17) is 0 Å². The standard InChI is InChI=1S/C21H20N4O2/c1-13-8-14(2)10-19(9-13)25-21-22-11-17(12-23-21)20(27)24-18-6-4-16(5-7-18)15(3)26/h4-12H,1-3H3,(H,24,27)(H,22,23,25). The van der Waals surface area contributed by atoms with Crippen molar-refractivity contribution in [3.05, 3.63) is 77.1 Å². The second-order valence-electron chi connectivity index (χ2n) is 6.38. The Bertz CT molecular complexity index is 960. The van der Waals surface area contributed by atoms with Gasteiger partial charge in [-0.25, -0.2) is 9.97 Å². The number of hydrogen-bond acceptors (Lipinski definition) is 5. The normalized spacial score (nSPS) is 10.3. The fraction of sp³-hybridized carbons (Fsp3) is 0.143. The first kappa shape index (κ1) is 18.3. The van der Waals surface area contributed by atoms with E-state index in [2.05, 4.69) is 26.7 Å². The zero-order valence-corrected chi connectivity index (χ0v) is 15.4. The van der Waals surface area contributed by atoms with Gasteiger partial charge < -0.3 is 10.6 Å². The molecule has 0 spiro atoms. The number of aromatic nitrogens is 2. The zero-order valence-electron chi connectivity index (χ0n) is 15.4. The second kappa shape index (κ2) is 7.78. The quantitative estimate of drug-likeness (QED) is 0.663. The smallest absolute Gasteiger partial charge is 0.258 e. The molecule has 27 heavy (non-hydrogen) atoms. The summed E-state index contributed by atoms with van der Waals surface area (Å²) in [5, 5.41) is 5.89. The Labute approximate surface area is 157 Å². The summed E-state index contributed by atoms with van der Waals surface area (Å²) < 4.78 is 0. The van der Waals surface area contributed by atoms with E-state index in [-0.39, 0.29) is 11.7 Å². The maximum Gasteiger partial charge on any atom is 0.258 e. The van der Waals surface area contributed by atoms with Gasteiger partial charge in [0.1, 0.15) is 0 Å². The Balaban J connectivity index is 1.67. The van der Waals surface area contributed by atoms with E-state index in [1.807, 2.05) is 26.0 Å². The highest BCUT2D eigenvalue weighted by Gasteiger charge is 2.09. The van der Waals surface area contributed by atoms with Gasteiger partial charge in [0.05, 0.1) is 5.56 Å². The number of benzene rings is 2. The summed E-state index contributed by atoms with van der Waals surface area (Å²) in [4.78, 5) is 32.0. The van der Waals surface area contributed by atoms with Crippen molar-refractivity contribution in [1.29, 1.82) is 0 Å². The molecule has 2 N–H and O–H groups in total. The molecule has 3 aromatic rings. The van der Waals surface area contributed by atoms with Crippen molar-refractivity contribution in [1.82, 2.24) is 9.97 Å². The summed E-state index contributed by atoms with van der Waals surface area (Å²) in [5.74, 6) is 0.0825. The molecular formula is C21H20N4O2. The van der Waals surface area contributed by atoms with Gasteiger partial charge in [0.2, 0.25) is 5.95 Å². The summed E-state index contributed by atoms with van der Waals surface area (Å²) >= 11 is 0. The van der Waals surface area contributed by atoms with E-state index < -0.39 is 0 Å². The molecule has 136 valence electrons. The second-order valence-corrected chi connectivity index (χ2v) is 6.38. The molecule has 1 amide bonds. The van der Waals surface area contributed by atoms with E-state index in [0.29, 0.717) is 22.8 Å². The Morgan fingerprint density at radius 1 is 0.815 bits per heavy atom. The molecular weight excluding hydrogens is 340 g/mol. The van der Waals surface area contributed by atoms with Crippen LogP contribution in [0.3, 0.4) is 0 Å². The number of nitrogens with zero attached hydrogens (tertiary/aromatic N) is 2. The number of rotatable bonds is 5. The summed E-state index contributed by atoms with van der Waals surface area (Å²) in [6.07, 6.45) is 2.94. The number of nitrogens with one attached hydrogen (secondary N) is 2. The van der Waals surface area contributed by atoms with Gasteiger partial charge in [-0.3, -0.25) is 9.59 Å². The number of ketones is 1. The van der Waals surface area contributed by atoms with Crippen LogP contribution in [0, 0.1) is 13.8 Å². The number of Topliss-reactive ketones (excluding diaryl/α,β-unsaturated/α-hetero) is 1. The van der Waals surface area contributed by atoms with Crippen LogP contribution in [0.2, 0.25) is 0 Å². The monoisotopic (exact) mass is 360 g/mol. The topological polar surface area (TPSA) is 84.0 Å². The van der Waals surface area contributed by atoms with Crippen LogP contribution in [0.5, 0.6) is 0 Å². The van der Waals surface area contributed by atoms with Crippen molar-refractivity contribution in [2.75, 3.05) is 10.6 Å². The molecule has 2 aromatic carbocycles. The molecule has 0 atom stereocenters. The molecule has 0 aliphatic carbocycles. The van der Waals surface area contributed by atoms with E-state index in [1.165, 1.54) is 19.3 Å². The SMILES string of the molecule is CC(=O)c1ccc(NC(=O)c2cnc(Nc3cc(C)cc(C)c3)nc2)cc1. The molecule has 1 aromatic heterocycles. The van der Waals surface area contributed by atoms with Crippen LogP contribution >= 0.6 is 0 Å². The number of anilines is 3. The largest absolute Gasteiger partial charge is 0.324 e. The minimum Gasteiger partial charge on any atom is -0.324 e. The molecule has 0 saturated carbocycles. The Hall–Kier alpha value is -3.54. The molecule has 0 unspecified atom stereocenters. The first-order chi connectivity index (χ1) is 12.9. The predicted molar refractivity (Wildman–Crippen MR) is 106 cm³/mol. The average Bonchev–Trinajstić information content (AvgIpc) is 2.62. The Morgan fingerprint density at radius 2 is 1.41 bits per heavy atom. The van der Waals surface area contributed by atoms with E-state index in [9.17, 15) is 9.59 Å². The first-order valence-corrected chi connectivity index (χ1v) is 8.50. The summed E-state index contributed by atoms with van der Waals surface area (Å²) in [5.41, 5.74) is 4.72. The molecule has 0 saturated heterocycles. The lowest BCUT2D eigenvalue weighted by atomic mass is 10.1. The third-order valence-corrected chi connectivity index (χ3v) is 3.94. The number of aryl methyl sites for hydroxylation is 2. The zero-order chi connectivity index (χ0) is 19.4. The molecule has 0 fully saturated rings. The molecule has 0 aliphatic heterocycles. The first-order valence-electron chi connectivity index (χ1n) is 8.50. The maximum atomic E-state index is 12.3. The van der Waals surface area contributed by atoms with Crippen LogP contribution in [0.25, 0.3) is 0 Å². The molecule has 0 bridgehead atoms. The Kier molecular flexibility index (Phi) is 5.26. The van der Waals surface area contributed by atoms with Crippen LogP contribution in [-0.4, -0.2) is 21.7 Å². The predicted octanol–water partition coefficient (Wildman–Crippen LogP) is 4.29. The van der Waals surface area contributed by atoms with Crippen molar-refractivity contribution in [2.45, 2.75) is 20.8 Å². The summed E-state index contributed by atoms with van der Waals surface area (Å²) in [6, 6.07) is 12.8. The number of amides is 1. The van der Waals surface area contributed by atoms with Gasteiger partial charge in [-0.05, 0) is 68.3 Å². The molecule has 0 aliphatic rings. The summed E-state index contributed by atoms with van der Waals surface area (Å²) in [7, 11) is 0. The number of hydrogen-bond donors (Lipinski definition) is 2. The van der Waals surface area contributed by atoms with Gasteiger partial charge in [0.25, 0.3) is 5.91 Å². The minimum absolute atomic E-state index is 0.0202. The molecule has 1 heterocycles. The highest BCUT2D eigenvalue weighted by atomic mass is 16.1. The number of carbonyl (C=O) groups excluding carboxylic acids is 2. The fourth-order valence-corrected chi connectivity index (χ4v) is 2.68. The lowest BCUT2D eigenvalue weighted by molar-refractivity contribution is 0.101. The van der Waals surface area contributed by atoms with Crippen molar-refractivity contribution >= 4 is 29.0 Å². The Morgan fingerprint density at radius 3 is 1.96 bits per heavy atom. The van der Waals surface area contributed by atoms with Gasteiger partial charge in [0.15, 0.2) is 5.78 Å².